The minimum atomic E-state index is -1.16. The fraction of sp³-hybridized carbons (Fsp3) is 0.143. The van der Waals surface area contributed by atoms with Gasteiger partial charge >= 0.3 is 5.97 Å². The van der Waals surface area contributed by atoms with Crippen molar-refractivity contribution in [2.75, 3.05) is 5.75 Å². The Balaban J connectivity index is 1.79. The molecule has 0 fully saturated rings. The van der Waals surface area contributed by atoms with Gasteiger partial charge in [0.25, 0.3) is 0 Å². The van der Waals surface area contributed by atoms with Crippen LogP contribution in [0.3, 0.4) is 0 Å². The topological polar surface area (TPSA) is 79.5 Å². The average Bonchev–Trinajstić information content (AvgIpc) is 2.93. The van der Waals surface area contributed by atoms with Crippen LogP contribution in [0.25, 0.3) is 0 Å². The van der Waals surface area contributed by atoms with Crippen molar-refractivity contribution in [1.29, 1.82) is 0 Å². The molecule has 0 aliphatic heterocycles. The molecule has 1 aromatic carbocycles. The average molecular weight is 309 g/mol. The van der Waals surface area contributed by atoms with E-state index in [9.17, 15) is 14.0 Å². The molecular formula is C14H12FNO4S. The van der Waals surface area contributed by atoms with Crippen LogP contribution in [-0.4, -0.2) is 22.7 Å². The second kappa shape index (κ2) is 6.94. The van der Waals surface area contributed by atoms with E-state index in [4.69, 9.17) is 9.52 Å². The zero-order valence-corrected chi connectivity index (χ0v) is 11.7. The number of amides is 1. The largest absolute Gasteiger partial charge is 0.475 e. The van der Waals surface area contributed by atoms with Crippen molar-refractivity contribution in [3.8, 4) is 0 Å². The molecule has 5 nitrogen and oxygen atoms in total. The van der Waals surface area contributed by atoms with Crippen molar-refractivity contribution < 1.29 is 23.5 Å². The van der Waals surface area contributed by atoms with Gasteiger partial charge in [0.15, 0.2) is 0 Å². The van der Waals surface area contributed by atoms with Crippen molar-refractivity contribution in [1.82, 2.24) is 5.32 Å². The molecule has 1 amide bonds. The minimum absolute atomic E-state index is 0.0629. The molecular weight excluding hydrogens is 297 g/mol. The van der Waals surface area contributed by atoms with E-state index in [0.29, 0.717) is 10.7 Å². The van der Waals surface area contributed by atoms with Crippen LogP contribution in [0.15, 0.2) is 45.7 Å². The number of carbonyl (C=O) groups is 2. The maximum absolute atomic E-state index is 13.3. The number of carbonyl (C=O) groups excluding carboxylic acids is 1. The molecule has 2 N–H and O–H groups in total. The second-order valence-corrected chi connectivity index (χ2v) is 5.08. The Kier molecular flexibility index (Phi) is 4.99. The lowest BCUT2D eigenvalue weighted by atomic mass is 10.3. The van der Waals surface area contributed by atoms with E-state index >= 15 is 0 Å². The maximum Gasteiger partial charge on any atom is 0.371 e. The molecule has 0 aliphatic rings. The number of carboxylic acid groups (broad SMARTS) is 1. The van der Waals surface area contributed by atoms with Crippen LogP contribution in [0.1, 0.15) is 16.3 Å². The van der Waals surface area contributed by atoms with Gasteiger partial charge in [-0.05, 0) is 24.3 Å². The molecule has 0 unspecified atom stereocenters. The van der Waals surface area contributed by atoms with E-state index in [-0.39, 0.29) is 29.8 Å². The summed E-state index contributed by atoms with van der Waals surface area (Å²) in [5, 5.41) is 11.3. The molecule has 0 saturated carbocycles. The Morgan fingerprint density at radius 1 is 1.24 bits per heavy atom. The third-order valence-electron chi connectivity index (χ3n) is 2.53. The highest BCUT2D eigenvalue weighted by Gasteiger charge is 2.10. The minimum Gasteiger partial charge on any atom is -0.475 e. The van der Waals surface area contributed by atoms with Gasteiger partial charge in [-0.1, -0.05) is 12.1 Å². The zero-order chi connectivity index (χ0) is 15.2. The Morgan fingerprint density at radius 2 is 2.00 bits per heavy atom. The van der Waals surface area contributed by atoms with Gasteiger partial charge in [-0.2, -0.15) is 0 Å². The molecule has 0 bridgehead atoms. The normalized spacial score (nSPS) is 10.3. The summed E-state index contributed by atoms with van der Waals surface area (Å²) >= 11 is 1.09. The Hall–Kier alpha value is -2.28. The highest BCUT2D eigenvalue weighted by Crippen LogP contribution is 2.20. The predicted octanol–water partition coefficient (Wildman–Crippen LogP) is 2.53. The third kappa shape index (κ3) is 4.35. The molecule has 0 radical (unpaired) electrons. The van der Waals surface area contributed by atoms with Gasteiger partial charge in [0.05, 0.1) is 12.3 Å². The zero-order valence-electron chi connectivity index (χ0n) is 10.8. The van der Waals surface area contributed by atoms with Crippen molar-refractivity contribution in [2.24, 2.45) is 0 Å². The van der Waals surface area contributed by atoms with Gasteiger partial charge in [-0.3, -0.25) is 4.79 Å². The second-order valence-electron chi connectivity index (χ2n) is 4.07. The van der Waals surface area contributed by atoms with Gasteiger partial charge in [0.2, 0.25) is 11.7 Å². The molecule has 0 spiro atoms. The lowest BCUT2D eigenvalue weighted by molar-refractivity contribution is -0.118. The summed E-state index contributed by atoms with van der Waals surface area (Å²) in [6, 6.07) is 9.00. The summed E-state index contributed by atoms with van der Waals surface area (Å²) in [6.07, 6.45) is 0. The molecule has 110 valence electrons. The first-order valence-corrected chi connectivity index (χ1v) is 7.01. The van der Waals surface area contributed by atoms with E-state index in [2.05, 4.69) is 5.32 Å². The Morgan fingerprint density at radius 3 is 2.67 bits per heavy atom. The smallest absolute Gasteiger partial charge is 0.371 e. The molecule has 2 aromatic rings. The summed E-state index contributed by atoms with van der Waals surface area (Å²) in [6.45, 7) is 0.0872. The van der Waals surface area contributed by atoms with Crippen LogP contribution in [0.2, 0.25) is 0 Å². The monoisotopic (exact) mass is 309 g/mol. The number of thioether (sulfide) groups is 1. The fourth-order valence-electron chi connectivity index (χ4n) is 1.53. The number of rotatable bonds is 6. The molecule has 2 rings (SSSR count). The number of carboxylic acids is 1. The maximum atomic E-state index is 13.3. The highest BCUT2D eigenvalue weighted by molar-refractivity contribution is 8.00. The van der Waals surface area contributed by atoms with Crippen molar-refractivity contribution in [3.63, 3.8) is 0 Å². The number of nitrogens with one attached hydrogen (secondary N) is 1. The van der Waals surface area contributed by atoms with Crippen LogP contribution >= 0.6 is 11.8 Å². The number of benzene rings is 1. The summed E-state index contributed by atoms with van der Waals surface area (Å²) in [4.78, 5) is 22.7. The SMILES string of the molecule is O=C(CSc1ccccc1F)NCc1ccc(C(=O)O)o1. The summed E-state index contributed by atoms with van der Waals surface area (Å²) in [5.41, 5.74) is 0. The molecule has 1 heterocycles. The van der Waals surface area contributed by atoms with Crippen molar-refractivity contribution >= 4 is 23.6 Å². The number of hydrogen-bond acceptors (Lipinski definition) is 4. The van der Waals surface area contributed by atoms with Gasteiger partial charge in [-0.25, -0.2) is 9.18 Å². The first kappa shape index (κ1) is 15.1. The summed E-state index contributed by atoms with van der Waals surface area (Å²) in [7, 11) is 0. The Labute approximate surface area is 124 Å². The van der Waals surface area contributed by atoms with Crippen molar-refractivity contribution in [3.05, 3.63) is 53.7 Å². The number of aromatic carboxylic acids is 1. The first-order chi connectivity index (χ1) is 10.1. The van der Waals surface area contributed by atoms with Gasteiger partial charge < -0.3 is 14.8 Å². The standard InChI is InChI=1S/C14H12FNO4S/c15-10-3-1-2-4-12(10)21-8-13(17)16-7-9-5-6-11(20-9)14(18)19/h1-6H,7-8H2,(H,16,17)(H,18,19). The molecule has 0 aliphatic carbocycles. The first-order valence-electron chi connectivity index (χ1n) is 6.02. The summed E-state index contributed by atoms with van der Waals surface area (Å²) < 4.78 is 18.3. The third-order valence-corrected chi connectivity index (χ3v) is 3.58. The Bertz CT molecular complexity index is 656. The fourth-order valence-corrected chi connectivity index (χ4v) is 2.30. The van der Waals surface area contributed by atoms with E-state index in [1.165, 1.54) is 18.2 Å². The summed E-state index contributed by atoms with van der Waals surface area (Å²) in [5.74, 6) is -1.60. The lowest BCUT2D eigenvalue weighted by Gasteiger charge is -2.04. The quantitative estimate of drug-likeness (QED) is 0.802. The number of halogens is 1. The molecule has 0 atom stereocenters. The molecule has 21 heavy (non-hydrogen) atoms. The van der Waals surface area contributed by atoms with Crippen LogP contribution in [-0.2, 0) is 11.3 Å². The van der Waals surface area contributed by atoms with Crippen LogP contribution in [0, 0.1) is 5.82 Å². The van der Waals surface area contributed by atoms with Gasteiger partial charge in [0, 0.05) is 4.90 Å². The lowest BCUT2D eigenvalue weighted by Crippen LogP contribution is -2.24. The van der Waals surface area contributed by atoms with E-state index in [1.807, 2.05) is 0 Å². The van der Waals surface area contributed by atoms with Gasteiger partial charge in [-0.15, -0.1) is 11.8 Å². The van der Waals surface area contributed by atoms with Crippen molar-refractivity contribution in [2.45, 2.75) is 11.4 Å². The highest BCUT2D eigenvalue weighted by atomic mass is 32.2. The van der Waals surface area contributed by atoms with E-state index < -0.39 is 5.97 Å². The van der Waals surface area contributed by atoms with Crippen LogP contribution in [0.4, 0.5) is 4.39 Å². The van der Waals surface area contributed by atoms with Crippen LogP contribution in [0.5, 0.6) is 0 Å². The number of hydrogen-bond donors (Lipinski definition) is 2. The molecule has 7 heteroatoms. The van der Waals surface area contributed by atoms with Crippen LogP contribution < -0.4 is 5.32 Å². The number of furan rings is 1. The molecule has 1 aromatic heterocycles. The predicted molar refractivity (Wildman–Crippen MR) is 74.6 cm³/mol. The molecule has 0 saturated heterocycles. The van der Waals surface area contributed by atoms with E-state index in [1.54, 1.807) is 18.2 Å². The van der Waals surface area contributed by atoms with E-state index in [0.717, 1.165) is 11.8 Å². The van der Waals surface area contributed by atoms with Gasteiger partial charge in [0.1, 0.15) is 11.6 Å².